The highest BCUT2D eigenvalue weighted by Gasteiger charge is 2.27. The number of fused-ring (bicyclic) bond motifs is 2. The van der Waals surface area contributed by atoms with Gasteiger partial charge in [-0.2, -0.15) is 0 Å². The number of rotatable bonds is 4. The van der Waals surface area contributed by atoms with Gasteiger partial charge in [-0.1, -0.05) is 0 Å². The number of hydrogen-bond acceptors (Lipinski definition) is 6. The molecule has 1 aliphatic carbocycles. The van der Waals surface area contributed by atoms with E-state index >= 15 is 0 Å². The number of ether oxygens (including phenoxy) is 1. The van der Waals surface area contributed by atoms with Crippen LogP contribution in [0.1, 0.15) is 17.5 Å². The summed E-state index contributed by atoms with van der Waals surface area (Å²) in [6.45, 7) is 0. The monoisotopic (exact) mass is 389 g/mol. The molecule has 0 unspecified atom stereocenters. The fourth-order valence-corrected chi connectivity index (χ4v) is 5.47. The summed E-state index contributed by atoms with van der Waals surface area (Å²) in [5.74, 6) is 0.695. The molecule has 2 aromatic carbocycles. The molecule has 1 heterocycles. The summed E-state index contributed by atoms with van der Waals surface area (Å²) >= 11 is 1.47. The smallest absolute Gasteiger partial charge is 0.262 e. The van der Waals surface area contributed by atoms with Crippen molar-refractivity contribution in [2.24, 2.45) is 5.73 Å². The average Bonchev–Trinajstić information content (AvgIpc) is 3.08. The number of nitrogens with two attached hydrogens (primary N) is 1. The van der Waals surface area contributed by atoms with Gasteiger partial charge in [0.25, 0.3) is 10.0 Å². The van der Waals surface area contributed by atoms with E-state index < -0.39 is 10.0 Å². The van der Waals surface area contributed by atoms with Crippen LogP contribution in [-0.4, -0.2) is 26.6 Å². The Morgan fingerprint density at radius 3 is 2.92 bits per heavy atom. The van der Waals surface area contributed by atoms with E-state index in [4.69, 9.17) is 10.5 Å². The summed E-state index contributed by atoms with van der Waals surface area (Å²) in [7, 11) is -2.12. The molecule has 6 nitrogen and oxygen atoms in total. The fraction of sp³-hybridized carbons (Fsp3) is 0.278. The van der Waals surface area contributed by atoms with E-state index in [9.17, 15) is 8.42 Å². The molecular formula is C18H19N3O3S2. The van der Waals surface area contributed by atoms with Gasteiger partial charge >= 0.3 is 0 Å². The van der Waals surface area contributed by atoms with Crippen LogP contribution in [0.2, 0.25) is 0 Å². The van der Waals surface area contributed by atoms with Crippen LogP contribution < -0.4 is 15.2 Å². The Hall–Kier alpha value is -2.16. The molecule has 0 aliphatic heterocycles. The molecule has 8 heteroatoms. The minimum atomic E-state index is -3.71. The van der Waals surface area contributed by atoms with E-state index in [1.807, 2.05) is 6.07 Å². The average molecular weight is 390 g/mol. The highest BCUT2D eigenvalue weighted by atomic mass is 32.2. The number of hydrogen-bond donors (Lipinski definition) is 2. The summed E-state index contributed by atoms with van der Waals surface area (Å²) in [5.41, 5.74) is 10.9. The minimum absolute atomic E-state index is 0.0241. The van der Waals surface area contributed by atoms with E-state index in [-0.39, 0.29) is 6.04 Å². The van der Waals surface area contributed by atoms with Gasteiger partial charge in [-0.05, 0) is 55.2 Å². The molecule has 3 N–H and O–H groups in total. The molecule has 0 radical (unpaired) electrons. The highest BCUT2D eigenvalue weighted by Crippen LogP contribution is 2.35. The van der Waals surface area contributed by atoms with Gasteiger partial charge in [0.15, 0.2) is 0 Å². The van der Waals surface area contributed by atoms with Crippen molar-refractivity contribution in [1.82, 2.24) is 4.98 Å². The molecule has 0 saturated heterocycles. The van der Waals surface area contributed by atoms with Crippen molar-refractivity contribution < 1.29 is 13.2 Å². The third-order valence-corrected chi connectivity index (χ3v) is 6.93. The van der Waals surface area contributed by atoms with Gasteiger partial charge in [0.05, 0.1) is 33.4 Å². The molecule has 136 valence electrons. The van der Waals surface area contributed by atoms with Crippen LogP contribution in [0.25, 0.3) is 10.2 Å². The summed E-state index contributed by atoms with van der Waals surface area (Å²) in [6, 6.07) is 8.68. The van der Waals surface area contributed by atoms with Gasteiger partial charge in [0.1, 0.15) is 5.75 Å². The lowest BCUT2D eigenvalue weighted by molar-refractivity contribution is 0.402. The van der Waals surface area contributed by atoms with Crippen LogP contribution in [0, 0.1) is 0 Å². The Balaban J connectivity index is 1.74. The normalized spacial score (nSPS) is 17.1. The number of methoxy groups -OCH3 is 1. The van der Waals surface area contributed by atoms with Gasteiger partial charge in [-0.25, -0.2) is 13.4 Å². The van der Waals surface area contributed by atoms with E-state index in [1.54, 1.807) is 36.9 Å². The molecule has 1 aromatic heterocycles. The zero-order valence-corrected chi connectivity index (χ0v) is 15.9. The van der Waals surface area contributed by atoms with Crippen molar-refractivity contribution in [1.29, 1.82) is 0 Å². The second-order valence-electron chi connectivity index (χ2n) is 6.37. The Bertz CT molecular complexity index is 1080. The van der Waals surface area contributed by atoms with Crippen molar-refractivity contribution in [3.05, 3.63) is 47.0 Å². The van der Waals surface area contributed by atoms with Crippen LogP contribution in [-0.2, 0) is 22.9 Å². The van der Waals surface area contributed by atoms with Gasteiger partial charge in [0.2, 0.25) is 0 Å². The first-order valence-electron chi connectivity index (χ1n) is 8.28. The standard InChI is InChI=1S/C18H19N3O3S2/c1-24-16-6-7-18(13-4-2-11(19)8-14(13)16)26(22,23)21-12-3-5-15-17(9-12)25-10-20-15/h3,5-7,9-11,21H,2,4,8,19H2,1H3/t11-/m0/s1. The number of sulfonamides is 1. The molecule has 0 amide bonds. The predicted octanol–water partition coefficient (Wildman–Crippen LogP) is 2.92. The Morgan fingerprint density at radius 1 is 1.27 bits per heavy atom. The van der Waals surface area contributed by atoms with Crippen molar-refractivity contribution in [3.63, 3.8) is 0 Å². The number of benzene rings is 2. The molecule has 1 atom stereocenters. The maximum Gasteiger partial charge on any atom is 0.262 e. The highest BCUT2D eigenvalue weighted by molar-refractivity contribution is 7.92. The predicted molar refractivity (Wildman–Crippen MR) is 103 cm³/mol. The Labute approximate surface area is 156 Å². The molecular weight excluding hydrogens is 370 g/mol. The Kier molecular flexibility index (Phi) is 4.34. The molecule has 0 bridgehead atoms. The van der Waals surface area contributed by atoms with Crippen LogP contribution in [0.5, 0.6) is 5.75 Å². The minimum Gasteiger partial charge on any atom is -0.496 e. The summed E-state index contributed by atoms with van der Waals surface area (Å²) in [4.78, 5) is 4.51. The second kappa shape index (κ2) is 6.53. The Morgan fingerprint density at radius 2 is 2.12 bits per heavy atom. The second-order valence-corrected chi connectivity index (χ2v) is 8.90. The zero-order chi connectivity index (χ0) is 18.3. The summed E-state index contributed by atoms with van der Waals surface area (Å²) in [6.07, 6.45) is 2.00. The summed E-state index contributed by atoms with van der Waals surface area (Å²) in [5, 5.41) is 0. The largest absolute Gasteiger partial charge is 0.496 e. The van der Waals surface area contributed by atoms with E-state index in [1.165, 1.54) is 11.3 Å². The molecule has 26 heavy (non-hydrogen) atoms. The van der Waals surface area contributed by atoms with E-state index in [0.29, 0.717) is 29.2 Å². The molecule has 0 spiro atoms. The molecule has 0 fully saturated rings. The van der Waals surface area contributed by atoms with Crippen LogP contribution in [0.15, 0.2) is 40.7 Å². The number of thiazole rings is 1. The van der Waals surface area contributed by atoms with Crippen LogP contribution >= 0.6 is 11.3 Å². The SMILES string of the molecule is COc1ccc(S(=O)(=O)Nc2ccc3ncsc3c2)c2c1C[C@@H](N)CC2. The topological polar surface area (TPSA) is 94.3 Å². The number of anilines is 1. The third kappa shape index (κ3) is 3.04. The lowest BCUT2D eigenvalue weighted by Crippen LogP contribution is -2.29. The maximum atomic E-state index is 13.0. The first kappa shape index (κ1) is 17.3. The zero-order valence-electron chi connectivity index (χ0n) is 14.2. The lowest BCUT2D eigenvalue weighted by atomic mass is 9.88. The number of nitrogens with zero attached hydrogens (tertiary/aromatic N) is 1. The van der Waals surface area contributed by atoms with Gasteiger partial charge in [-0.15, -0.1) is 11.3 Å². The molecule has 1 aliphatic rings. The van der Waals surface area contributed by atoms with Crippen molar-refractivity contribution in [3.8, 4) is 5.75 Å². The molecule has 0 saturated carbocycles. The number of nitrogens with one attached hydrogen (secondary N) is 1. The summed E-state index contributed by atoms with van der Waals surface area (Å²) < 4.78 is 35.1. The maximum absolute atomic E-state index is 13.0. The first-order chi connectivity index (χ1) is 12.5. The van der Waals surface area contributed by atoms with Gasteiger partial charge < -0.3 is 10.5 Å². The third-order valence-electron chi connectivity index (χ3n) is 4.67. The first-order valence-corrected chi connectivity index (χ1v) is 10.6. The molecule has 4 rings (SSSR count). The lowest BCUT2D eigenvalue weighted by Gasteiger charge is -2.25. The van der Waals surface area contributed by atoms with Gasteiger partial charge in [0, 0.05) is 11.6 Å². The van der Waals surface area contributed by atoms with Crippen molar-refractivity contribution in [2.75, 3.05) is 11.8 Å². The van der Waals surface area contributed by atoms with Crippen molar-refractivity contribution in [2.45, 2.75) is 30.2 Å². The number of aromatic nitrogens is 1. The van der Waals surface area contributed by atoms with E-state index in [0.717, 1.165) is 27.8 Å². The van der Waals surface area contributed by atoms with Crippen molar-refractivity contribution >= 4 is 37.3 Å². The van der Waals surface area contributed by atoms with Crippen LogP contribution in [0.4, 0.5) is 5.69 Å². The fourth-order valence-electron chi connectivity index (χ4n) is 3.41. The molecule has 3 aromatic rings. The quantitative estimate of drug-likeness (QED) is 0.715. The van der Waals surface area contributed by atoms with E-state index in [2.05, 4.69) is 9.71 Å². The van der Waals surface area contributed by atoms with Gasteiger partial charge in [-0.3, -0.25) is 4.72 Å². The van der Waals surface area contributed by atoms with Crippen LogP contribution in [0.3, 0.4) is 0 Å².